The average molecular weight is 443 g/mol. The summed E-state index contributed by atoms with van der Waals surface area (Å²) in [5.41, 5.74) is 3.83. The first-order valence-corrected chi connectivity index (χ1v) is 12.0. The molecule has 0 unspecified atom stereocenters. The Hall–Kier alpha value is -1.94. The largest absolute Gasteiger partial charge is 0.283 e. The summed E-state index contributed by atoms with van der Waals surface area (Å²) in [6.45, 7) is 17.6. The van der Waals surface area contributed by atoms with E-state index in [1.54, 1.807) is 0 Å². The lowest BCUT2D eigenvalue weighted by Gasteiger charge is -2.37. The number of hydrogen-bond donors (Lipinski definition) is 6. The van der Waals surface area contributed by atoms with Gasteiger partial charge in [0.1, 0.15) is 0 Å². The van der Waals surface area contributed by atoms with Gasteiger partial charge in [0, 0.05) is 23.5 Å². The Balaban J connectivity index is 2.53. The zero-order valence-corrected chi connectivity index (χ0v) is 20.6. The summed E-state index contributed by atoms with van der Waals surface area (Å²) >= 11 is 0. The molecule has 0 atom stereocenters. The summed E-state index contributed by atoms with van der Waals surface area (Å²) in [4.78, 5) is 9.32. The Morgan fingerprint density at radius 3 is 1.06 bits per heavy atom. The van der Waals surface area contributed by atoms with Gasteiger partial charge in [0.25, 0.3) is 0 Å². The van der Waals surface area contributed by atoms with E-state index in [1.807, 2.05) is 24.5 Å². The second kappa shape index (κ2) is 12.9. The molecular formula is C24H42N8. The lowest BCUT2D eigenvalue weighted by Crippen LogP contribution is -2.63. The molecule has 2 heterocycles. The number of hydrogen-bond acceptors (Lipinski definition) is 8. The maximum atomic E-state index is 4.66. The van der Waals surface area contributed by atoms with Crippen LogP contribution in [0.2, 0.25) is 0 Å². The SMILES string of the molecule is CCNC(NCC)(NCC)c1ccnc(-c2cc(C(NCC)(NCC)NCC)ccn2)c1. The van der Waals surface area contributed by atoms with Gasteiger partial charge in [0.2, 0.25) is 0 Å². The first-order valence-electron chi connectivity index (χ1n) is 12.0. The Bertz CT molecular complexity index is 709. The number of rotatable bonds is 15. The zero-order chi connectivity index (χ0) is 23.5. The fourth-order valence-electron chi connectivity index (χ4n) is 4.19. The molecule has 2 aromatic heterocycles. The monoisotopic (exact) mass is 442 g/mol. The van der Waals surface area contributed by atoms with Crippen molar-refractivity contribution in [1.29, 1.82) is 0 Å². The highest BCUT2D eigenvalue weighted by Gasteiger charge is 2.31. The normalized spacial score (nSPS) is 12.3. The van der Waals surface area contributed by atoms with Crippen molar-refractivity contribution >= 4 is 0 Å². The number of nitrogens with one attached hydrogen (secondary N) is 6. The molecule has 0 amide bonds. The van der Waals surface area contributed by atoms with E-state index in [-0.39, 0.29) is 0 Å². The molecule has 178 valence electrons. The van der Waals surface area contributed by atoms with Gasteiger partial charge >= 0.3 is 0 Å². The molecule has 8 nitrogen and oxygen atoms in total. The topological polar surface area (TPSA) is 98.0 Å². The third-order valence-corrected chi connectivity index (χ3v) is 5.30. The maximum Gasteiger partial charge on any atom is 0.150 e. The van der Waals surface area contributed by atoms with E-state index >= 15 is 0 Å². The summed E-state index contributed by atoms with van der Waals surface area (Å²) < 4.78 is 0. The fraction of sp³-hybridized carbons (Fsp3) is 0.583. The van der Waals surface area contributed by atoms with Crippen LogP contribution >= 0.6 is 0 Å². The van der Waals surface area contributed by atoms with E-state index in [0.29, 0.717) is 0 Å². The first kappa shape index (κ1) is 26.3. The molecule has 0 aliphatic carbocycles. The standard InChI is InChI=1S/C24H42N8/c1-7-27-23(28-8-2,29-9-3)19-13-15-25-21(17-19)22-18-20(14-16-26-22)24(30-10-4,31-11-5)32-12-6/h13-18,27-32H,7-12H2,1-6H3. The third-order valence-electron chi connectivity index (χ3n) is 5.30. The highest BCUT2D eigenvalue weighted by Crippen LogP contribution is 2.24. The van der Waals surface area contributed by atoms with E-state index in [9.17, 15) is 0 Å². The van der Waals surface area contributed by atoms with Crippen molar-refractivity contribution in [2.75, 3.05) is 39.3 Å². The molecule has 8 heteroatoms. The van der Waals surface area contributed by atoms with Crippen LogP contribution in [0.5, 0.6) is 0 Å². The minimum Gasteiger partial charge on any atom is -0.283 e. The van der Waals surface area contributed by atoms with Crippen LogP contribution in [0.3, 0.4) is 0 Å². The van der Waals surface area contributed by atoms with E-state index in [1.165, 1.54) is 0 Å². The van der Waals surface area contributed by atoms with Crippen molar-refractivity contribution in [2.45, 2.75) is 53.1 Å². The molecule has 32 heavy (non-hydrogen) atoms. The molecule has 0 bridgehead atoms. The van der Waals surface area contributed by atoms with Gasteiger partial charge in [-0.25, -0.2) is 0 Å². The molecule has 2 aromatic rings. The van der Waals surface area contributed by atoms with Gasteiger partial charge in [-0.1, -0.05) is 41.5 Å². The molecule has 2 rings (SSSR count). The van der Waals surface area contributed by atoms with E-state index < -0.39 is 11.6 Å². The van der Waals surface area contributed by atoms with Crippen LogP contribution in [0, 0.1) is 0 Å². The average Bonchev–Trinajstić information content (AvgIpc) is 2.80. The molecule has 0 saturated heterocycles. The second-order valence-corrected chi connectivity index (χ2v) is 7.54. The van der Waals surface area contributed by atoms with Crippen LogP contribution in [-0.2, 0) is 11.6 Å². The lowest BCUT2D eigenvalue weighted by atomic mass is 10.0. The molecule has 6 N–H and O–H groups in total. The summed E-state index contributed by atoms with van der Waals surface area (Å²) in [7, 11) is 0. The van der Waals surface area contributed by atoms with Crippen molar-refractivity contribution in [3.63, 3.8) is 0 Å². The summed E-state index contributed by atoms with van der Waals surface area (Å²) in [6, 6.07) is 8.30. The lowest BCUT2D eigenvalue weighted by molar-refractivity contribution is 0.210. The molecule has 0 spiro atoms. The third kappa shape index (κ3) is 6.10. The first-order chi connectivity index (χ1) is 15.5. The Morgan fingerprint density at radius 2 is 0.812 bits per heavy atom. The van der Waals surface area contributed by atoms with Crippen molar-refractivity contribution in [3.05, 3.63) is 47.8 Å². The quantitative estimate of drug-likeness (QED) is 0.233. The number of nitrogens with zero attached hydrogens (tertiary/aromatic N) is 2. The molecular weight excluding hydrogens is 400 g/mol. The molecule has 0 aliphatic rings. The smallest absolute Gasteiger partial charge is 0.150 e. The van der Waals surface area contributed by atoms with Gasteiger partial charge in [-0.05, 0) is 63.5 Å². The Labute approximate surface area is 193 Å². The van der Waals surface area contributed by atoms with Crippen LogP contribution in [-0.4, -0.2) is 49.2 Å². The minimum absolute atomic E-state index is 0.519. The van der Waals surface area contributed by atoms with Crippen LogP contribution in [0.1, 0.15) is 52.7 Å². The van der Waals surface area contributed by atoms with Gasteiger partial charge in [-0.15, -0.1) is 0 Å². The van der Waals surface area contributed by atoms with E-state index in [2.05, 4.69) is 95.5 Å². The van der Waals surface area contributed by atoms with Crippen molar-refractivity contribution in [1.82, 2.24) is 41.9 Å². The van der Waals surface area contributed by atoms with Crippen molar-refractivity contribution in [3.8, 4) is 11.4 Å². The summed E-state index contributed by atoms with van der Waals surface area (Å²) in [5.74, 6) is -1.04. The van der Waals surface area contributed by atoms with Gasteiger partial charge in [0.15, 0.2) is 11.6 Å². The molecule has 0 fully saturated rings. The van der Waals surface area contributed by atoms with Crippen LogP contribution in [0.4, 0.5) is 0 Å². The maximum absolute atomic E-state index is 4.66. The second-order valence-electron chi connectivity index (χ2n) is 7.54. The number of pyridine rings is 2. The molecule has 0 aromatic carbocycles. The zero-order valence-electron chi connectivity index (χ0n) is 20.6. The van der Waals surface area contributed by atoms with Crippen LogP contribution in [0.25, 0.3) is 11.4 Å². The van der Waals surface area contributed by atoms with E-state index in [4.69, 9.17) is 0 Å². The van der Waals surface area contributed by atoms with Gasteiger partial charge < -0.3 is 0 Å². The highest BCUT2D eigenvalue weighted by molar-refractivity contribution is 5.57. The number of aromatic nitrogens is 2. The summed E-state index contributed by atoms with van der Waals surface area (Å²) in [6.07, 6.45) is 3.71. The minimum atomic E-state index is -0.519. The highest BCUT2D eigenvalue weighted by atomic mass is 15.4. The van der Waals surface area contributed by atoms with E-state index in [0.717, 1.165) is 61.8 Å². The predicted octanol–water partition coefficient (Wildman–Crippen LogP) is 2.02. The molecule has 0 saturated carbocycles. The van der Waals surface area contributed by atoms with Crippen molar-refractivity contribution in [2.24, 2.45) is 0 Å². The van der Waals surface area contributed by atoms with Gasteiger partial charge in [0.05, 0.1) is 11.4 Å². The van der Waals surface area contributed by atoms with Crippen LogP contribution < -0.4 is 31.9 Å². The van der Waals surface area contributed by atoms with Crippen LogP contribution in [0.15, 0.2) is 36.7 Å². The Kier molecular flexibility index (Phi) is 10.6. The molecule has 0 aliphatic heterocycles. The van der Waals surface area contributed by atoms with Gasteiger partial charge in [-0.3, -0.25) is 41.9 Å². The summed E-state index contributed by atoms with van der Waals surface area (Å²) in [5, 5.41) is 21.5. The fourth-order valence-corrected chi connectivity index (χ4v) is 4.19. The predicted molar refractivity (Wildman–Crippen MR) is 133 cm³/mol. The molecule has 0 radical (unpaired) electrons. The van der Waals surface area contributed by atoms with Gasteiger partial charge in [-0.2, -0.15) is 0 Å². The van der Waals surface area contributed by atoms with Crippen molar-refractivity contribution < 1.29 is 0 Å². The Morgan fingerprint density at radius 1 is 0.531 bits per heavy atom.